The average molecular weight is 276 g/mol. The molecule has 0 saturated carbocycles. The Hall–Kier alpha value is -1.46. The highest BCUT2D eigenvalue weighted by atomic mass is 16.2. The van der Waals surface area contributed by atoms with Gasteiger partial charge in [-0.15, -0.1) is 0 Å². The smallest absolute Gasteiger partial charge is 0.227 e. The van der Waals surface area contributed by atoms with E-state index in [1.165, 1.54) is 0 Å². The minimum absolute atomic E-state index is 0.00411. The van der Waals surface area contributed by atoms with E-state index in [4.69, 9.17) is 5.73 Å². The Bertz CT molecular complexity index is 462. The summed E-state index contributed by atoms with van der Waals surface area (Å²) in [6.07, 6.45) is 4.44. The fourth-order valence-electron chi connectivity index (χ4n) is 3.13. The summed E-state index contributed by atoms with van der Waals surface area (Å²) >= 11 is 0. The van der Waals surface area contributed by atoms with E-state index in [0.717, 1.165) is 25.1 Å². The highest BCUT2D eigenvalue weighted by Gasteiger charge is 2.42. The maximum absolute atomic E-state index is 12.0. The third-order valence-corrected chi connectivity index (χ3v) is 4.22. The van der Waals surface area contributed by atoms with Crippen molar-refractivity contribution < 1.29 is 4.79 Å². The second-order valence-corrected chi connectivity index (χ2v) is 5.94. The van der Waals surface area contributed by atoms with Crippen LogP contribution < -0.4 is 11.1 Å². The van der Waals surface area contributed by atoms with Gasteiger partial charge in [0.1, 0.15) is 0 Å². The third kappa shape index (κ3) is 2.83. The molecule has 3 N–H and O–H groups in total. The molecule has 2 rings (SSSR count). The van der Waals surface area contributed by atoms with Crippen molar-refractivity contribution in [1.82, 2.24) is 15.2 Å². The van der Waals surface area contributed by atoms with E-state index in [9.17, 15) is 4.79 Å². The lowest BCUT2D eigenvalue weighted by Crippen LogP contribution is -2.42. The lowest BCUT2D eigenvalue weighted by molar-refractivity contribution is -0.129. The van der Waals surface area contributed by atoms with Gasteiger partial charge in [0, 0.05) is 38.1 Å². The predicted molar refractivity (Wildman–Crippen MR) is 79.0 cm³/mol. The molecular weight excluding hydrogens is 252 g/mol. The molecule has 1 aromatic heterocycles. The van der Waals surface area contributed by atoms with E-state index in [-0.39, 0.29) is 23.4 Å². The summed E-state index contributed by atoms with van der Waals surface area (Å²) < 4.78 is 0. The Morgan fingerprint density at radius 2 is 2.15 bits per heavy atom. The van der Waals surface area contributed by atoms with Gasteiger partial charge in [-0.1, -0.05) is 0 Å². The quantitative estimate of drug-likeness (QED) is 0.858. The van der Waals surface area contributed by atoms with Gasteiger partial charge in [-0.25, -0.2) is 0 Å². The lowest BCUT2D eigenvalue weighted by Gasteiger charge is -2.32. The summed E-state index contributed by atoms with van der Waals surface area (Å²) in [5.41, 5.74) is 7.02. The number of likely N-dealkylation sites (tertiary alicyclic amines) is 1. The summed E-state index contributed by atoms with van der Waals surface area (Å²) in [5, 5.41) is 2.77. The van der Waals surface area contributed by atoms with Crippen molar-refractivity contribution in [2.45, 2.75) is 32.4 Å². The highest BCUT2D eigenvalue weighted by molar-refractivity contribution is 5.82. The van der Waals surface area contributed by atoms with Crippen molar-refractivity contribution in [1.29, 1.82) is 0 Å². The van der Waals surface area contributed by atoms with Crippen LogP contribution in [0.25, 0.3) is 0 Å². The molecule has 1 aromatic rings. The number of nitrogens with one attached hydrogen (secondary N) is 1. The number of hydrogen-bond acceptors (Lipinski definition) is 4. The van der Waals surface area contributed by atoms with Crippen LogP contribution in [0.4, 0.5) is 0 Å². The van der Waals surface area contributed by atoms with Crippen LogP contribution in [-0.4, -0.2) is 42.0 Å². The topological polar surface area (TPSA) is 71.2 Å². The number of nitrogens with zero attached hydrogens (tertiary/aromatic N) is 2. The minimum Gasteiger partial charge on any atom is -0.359 e. The number of nitrogens with two attached hydrogens (primary N) is 1. The molecule has 20 heavy (non-hydrogen) atoms. The van der Waals surface area contributed by atoms with Gasteiger partial charge in [0.15, 0.2) is 0 Å². The van der Waals surface area contributed by atoms with Gasteiger partial charge in [-0.05, 0) is 44.5 Å². The molecule has 0 spiro atoms. The molecule has 5 nitrogen and oxygen atoms in total. The summed E-state index contributed by atoms with van der Waals surface area (Å²) in [6, 6.07) is 4.14. The normalized spacial score (nSPS) is 26.2. The zero-order valence-corrected chi connectivity index (χ0v) is 12.5. The third-order valence-electron chi connectivity index (χ3n) is 4.22. The molecule has 1 fully saturated rings. The highest BCUT2D eigenvalue weighted by Crippen LogP contribution is 2.36. The first-order valence-corrected chi connectivity index (χ1v) is 7.09. The molecular formula is C15H24N4O. The molecule has 0 radical (unpaired) electrons. The molecule has 1 aliphatic heterocycles. The maximum Gasteiger partial charge on any atom is 0.227 e. The second kappa shape index (κ2) is 5.89. The largest absolute Gasteiger partial charge is 0.359 e. The van der Waals surface area contributed by atoms with Crippen molar-refractivity contribution in [2.24, 2.45) is 11.1 Å². The molecule has 3 unspecified atom stereocenters. The average Bonchev–Trinajstić information content (AvgIpc) is 2.82. The van der Waals surface area contributed by atoms with Crippen molar-refractivity contribution in [3.05, 3.63) is 30.1 Å². The van der Waals surface area contributed by atoms with Gasteiger partial charge in [-0.2, -0.15) is 0 Å². The van der Waals surface area contributed by atoms with E-state index in [0.29, 0.717) is 0 Å². The molecule has 5 heteroatoms. The van der Waals surface area contributed by atoms with E-state index in [1.807, 2.05) is 26.0 Å². The number of carbonyl (C=O) groups is 1. The Kier molecular flexibility index (Phi) is 4.40. The predicted octanol–water partition coefficient (Wildman–Crippen LogP) is 0.928. The zero-order chi connectivity index (χ0) is 14.8. The number of hydrogen-bond donors (Lipinski definition) is 2. The second-order valence-electron chi connectivity index (χ2n) is 5.94. The number of carbonyl (C=O) groups excluding carboxylic acids is 1. The monoisotopic (exact) mass is 276 g/mol. The number of pyridine rings is 1. The first kappa shape index (κ1) is 14.9. The van der Waals surface area contributed by atoms with E-state index in [2.05, 4.69) is 15.2 Å². The van der Waals surface area contributed by atoms with E-state index in [1.54, 1.807) is 19.4 Å². The van der Waals surface area contributed by atoms with E-state index < -0.39 is 0 Å². The fraction of sp³-hybridized carbons (Fsp3) is 0.600. The van der Waals surface area contributed by atoms with Gasteiger partial charge >= 0.3 is 0 Å². The van der Waals surface area contributed by atoms with Gasteiger partial charge in [0.2, 0.25) is 5.91 Å². The van der Waals surface area contributed by atoms with Crippen molar-refractivity contribution in [3.63, 3.8) is 0 Å². The standard InChI is InChI=1S/C15H24N4O/c1-11(16)13(12-4-7-18-8-5-12)19-9-6-15(2,10-19)14(20)17-3/h4-5,7-8,11,13H,6,9-10,16H2,1-3H3,(H,17,20). The molecule has 1 amide bonds. The van der Waals surface area contributed by atoms with Crippen molar-refractivity contribution in [3.8, 4) is 0 Å². The van der Waals surface area contributed by atoms with E-state index >= 15 is 0 Å². The Balaban J connectivity index is 2.19. The Morgan fingerprint density at radius 3 is 2.70 bits per heavy atom. The van der Waals surface area contributed by atoms with Gasteiger partial charge in [0.05, 0.1) is 5.41 Å². The van der Waals surface area contributed by atoms with Crippen LogP contribution in [-0.2, 0) is 4.79 Å². The Morgan fingerprint density at radius 1 is 1.50 bits per heavy atom. The van der Waals surface area contributed by atoms with Gasteiger partial charge < -0.3 is 11.1 Å². The molecule has 0 bridgehead atoms. The molecule has 0 aromatic carbocycles. The van der Waals surface area contributed by atoms with Crippen LogP contribution in [0.2, 0.25) is 0 Å². The molecule has 110 valence electrons. The van der Waals surface area contributed by atoms with Gasteiger partial charge in [0.25, 0.3) is 0 Å². The molecule has 1 aliphatic rings. The minimum atomic E-state index is -0.324. The van der Waals surface area contributed by atoms with Crippen LogP contribution in [0.1, 0.15) is 31.9 Å². The summed E-state index contributed by atoms with van der Waals surface area (Å²) in [6.45, 7) is 5.66. The summed E-state index contributed by atoms with van der Waals surface area (Å²) in [7, 11) is 1.70. The fourth-order valence-corrected chi connectivity index (χ4v) is 3.13. The zero-order valence-electron chi connectivity index (χ0n) is 12.5. The first-order valence-electron chi connectivity index (χ1n) is 7.09. The van der Waals surface area contributed by atoms with Crippen molar-refractivity contribution in [2.75, 3.05) is 20.1 Å². The summed E-state index contributed by atoms with van der Waals surface area (Å²) in [5.74, 6) is 0.109. The number of amides is 1. The molecule has 2 heterocycles. The van der Waals surface area contributed by atoms with Gasteiger partial charge in [-0.3, -0.25) is 14.7 Å². The van der Waals surface area contributed by atoms with Crippen LogP contribution in [0.3, 0.4) is 0 Å². The van der Waals surface area contributed by atoms with Crippen LogP contribution in [0.5, 0.6) is 0 Å². The van der Waals surface area contributed by atoms with Crippen LogP contribution in [0.15, 0.2) is 24.5 Å². The first-order chi connectivity index (χ1) is 9.48. The Labute approximate surface area is 120 Å². The van der Waals surface area contributed by atoms with Crippen LogP contribution >= 0.6 is 0 Å². The van der Waals surface area contributed by atoms with Crippen LogP contribution in [0, 0.1) is 5.41 Å². The molecule has 1 saturated heterocycles. The lowest BCUT2D eigenvalue weighted by atomic mass is 9.88. The maximum atomic E-state index is 12.0. The van der Waals surface area contributed by atoms with Crippen molar-refractivity contribution >= 4 is 5.91 Å². The molecule has 3 atom stereocenters. The summed E-state index contributed by atoms with van der Waals surface area (Å²) in [4.78, 5) is 18.4. The molecule has 0 aliphatic carbocycles. The number of rotatable bonds is 4. The SMILES string of the molecule is CNC(=O)C1(C)CCN(C(c2ccncc2)C(C)N)C1. The number of aromatic nitrogens is 1.